The number of hydrogen-bond donors (Lipinski definition) is 1. The van der Waals surface area contributed by atoms with Crippen LogP contribution in [-0.2, 0) is 9.47 Å². The number of thiol groups is 1. The van der Waals surface area contributed by atoms with Gasteiger partial charge in [-0.15, -0.1) is 11.7 Å². The minimum Gasteiger partial charge on any atom is -0.382 e. The van der Waals surface area contributed by atoms with E-state index in [4.69, 9.17) is 9.47 Å². The number of rotatable bonds is 6. The zero-order chi connectivity index (χ0) is 10.2. The fourth-order valence-corrected chi connectivity index (χ4v) is 2.02. The first-order valence-electron chi connectivity index (χ1n) is 4.34. The third-order valence-corrected chi connectivity index (χ3v) is 2.90. The molecule has 0 aliphatic rings. The normalized spacial score (nSPS) is 12.7. The van der Waals surface area contributed by atoms with Crippen molar-refractivity contribution < 1.29 is 9.47 Å². The topological polar surface area (TPSA) is 18.5 Å². The second-order valence-electron chi connectivity index (χ2n) is 2.71. The highest BCUT2D eigenvalue weighted by molar-refractivity contribution is 8.68. The van der Waals surface area contributed by atoms with Gasteiger partial charge < -0.3 is 9.47 Å². The number of hydrogen-bond acceptors (Lipinski definition) is 4. The van der Waals surface area contributed by atoms with Crippen molar-refractivity contribution in [3.05, 3.63) is 35.9 Å². The Morgan fingerprint density at radius 2 is 2.00 bits per heavy atom. The van der Waals surface area contributed by atoms with Gasteiger partial charge >= 0.3 is 0 Å². The Morgan fingerprint density at radius 1 is 1.29 bits per heavy atom. The van der Waals surface area contributed by atoms with Crippen molar-refractivity contribution in [3.63, 3.8) is 0 Å². The summed E-state index contributed by atoms with van der Waals surface area (Å²) in [6, 6.07) is 10.0. The quantitative estimate of drug-likeness (QED) is 0.351. The van der Waals surface area contributed by atoms with Crippen LogP contribution in [0.4, 0.5) is 0 Å². The fraction of sp³-hybridized carbons (Fsp3) is 0.400. The van der Waals surface area contributed by atoms with Crippen LogP contribution in [0.3, 0.4) is 0 Å². The van der Waals surface area contributed by atoms with E-state index in [9.17, 15) is 0 Å². The monoisotopic (exact) mass is 230 g/mol. The molecule has 0 bridgehead atoms. The summed E-state index contributed by atoms with van der Waals surface area (Å²) in [5.74, 6) is 0. The molecule has 0 spiro atoms. The van der Waals surface area contributed by atoms with E-state index < -0.39 is 0 Å². The zero-order valence-electron chi connectivity index (χ0n) is 8.05. The van der Waals surface area contributed by atoms with E-state index in [0.29, 0.717) is 13.2 Å². The van der Waals surface area contributed by atoms with Gasteiger partial charge in [-0.3, -0.25) is 0 Å². The summed E-state index contributed by atoms with van der Waals surface area (Å²) in [6.07, 6.45) is 0. The summed E-state index contributed by atoms with van der Waals surface area (Å²) < 4.78 is 10.5. The molecule has 1 aromatic carbocycles. The minimum absolute atomic E-state index is 0.0188. The lowest BCUT2D eigenvalue weighted by molar-refractivity contribution is 0.0576. The van der Waals surface area contributed by atoms with Crippen molar-refractivity contribution in [1.82, 2.24) is 0 Å². The molecule has 14 heavy (non-hydrogen) atoms. The Morgan fingerprint density at radius 3 is 2.57 bits per heavy atom. The average Bonchev–Trinajstić information content (AvgIpc) is 2.26. The Hall–Kier alpha value is -0.160. The van der Waals surface area contributed by atoms with E-state index in [1.165, 1.54) is 10.8 Å². The van der Waals surface area contributed by atoms with Crippen LogP contribution in [0.5, 0.6) is 0 Å². The molecule has 0 saturated heterocycles. The maximum atomic E-state index is 5.58. The van der Waals surface area contributed by atoms with Crippen LogP contribution in [0.1, 0.15) is 11.0 Å². The predicted molar refractivity (Wildman–Crippen MR) is 63.6 cm³/mol. The van der Waals surface area contributed by atoms with Crippen molar-refractivity contribution in [2.75, 3.05) is 20.3 Å². The van der Waals surface area contributed by atoms with Gasteiger partial charge in [-0.05, 0) is 5.56 Å². The smallest absolute Gasteiger partial charge is 0.138 e. The van der Waals surface area contributed by atoms with E-state index in [2.05, 4.69) is 11.7 Å². The summed E-state index contributed by atoms with van der Waals surface area (Å²) in [5, 5.41) is 0. The number of methoxy groups -OCH3 is 1. The second kappa shape index (κ2) is 7.17. The molecule has 0 radical (unpaired) electrons. The first-order valence-corrected chi connectivity index (χ1v) is 6.27. The van der Waals surface area contributed by atoms with Crippen LogP contribution in [0.15, 0.2) is 30.3 Å². The lowest BCUT2D eigenvalue weighted by Crippen LogP contribution is -2.05. The first-order chi connectivity index (χ1) is 6.88. The Bertz CT molecular complexity index is 241. The van der Waals surface area contributed by atoms with Crippen LogP contribution in [-0.4, -0.2) is 20.3 Å². The van der Waals surface area contributed by atoms with Crippen LogP contribution in [0, 0.1) is 0 Å². The Labute approximate surface area is 93.8 Å². The molecule has 4 heteroatoms. The van der Waals surface area contributed by atoms with E-state index in [1.54, 1.807) is 7.11 Å². The zero-order valence-corrected chi connectivity index (χ0v) is 9.76. The summed E-state index contributed by atoms with van der Waals surface area (Å²) in [6.45, 7) is 1.20. The van der Waals surface area contributed by atoms with Gasteiger partial charge in [0.05, 0.1) is 13.2 Å². The molecule has 1 rings (SSSR count). The van der Waals surface area contributed by atoms with Gasteiger partial charge in [0, 0.05) is 7.11 Å². The first kappa shape index (κ1) is 11.9. The predicted octanol–water partition coefficient (Wildman–Crippen LogP) is 2.93. The molecule has 2 nitrogen and oxygen atoms in total. The molecule has 0 aliphatic carbocycles. The molecule has 0 fully saturated rings. The highest BCUT2D eigenvalue weighted by atomic mass is 33.1. The van der Waals surface area contributed by atoms with Gasteiger partial charge in [-0.2, -0.15) is 0 Å². The molecule has 0 saturated carbocycles. The molecular weight excluding hydrogens is 216 g/mol. The van der Waals surface area contributed by atoms with Gasteiger partial charge in [-0.1, -0.05) is 41.1 Å². The molecule has 0 N–H and O–H groups in total. The summed E-state index contributed by atoms with van der Waals surface area (Å²) >= 11 is 4.18. The van der Waals surface area contributed by atoms with Crippen LogP contribution in [0.25, 0.3) is 0 Å². The largest absolute Gasteiger partial charge is 0.382 e. The molecule has 0 aromatic heterocycles. The van der Waals surface area contributed by atoms with Gasteiger partial charge in [0.1, 0.15) is 5.44 Å². The molecule has 1 unspecified atom stereocenters. The molecule has 0 aliphatic heterocycles. The van der Waals surface area contributed by atoms with Crippen molar-refractivity contribution in [1.29, 1.82) is 0 Å². The van der Waals surface area contributed by atoms with Crippen LogP contribution in [0.2, 0.25) is 0 Å². The average molecular weight is 230 g/mol. The molecule has 1 atom stereocenters. The van der Waals surface area contributed by atoms with E-state index in [1.807, 2.05) is 30.3 Å². The van der Waals surface area contributed by atoms with Gasteiger partial charge in [0.2, 0.25) is 0 Å². The molecule has 1 aromatic rings. The van der Waals surface area contributed by atoms with Crippen molar-refractivity contribution in [2.24, 2.45) is 0 Å². The third kappa shape index (κ3) is 3.92. The molecule has 78 valence electrons. The molecule has 0 amide bonds. The maximum Gasteiger partial charge on any atom is 0.138 e. The summed E-state index contributed by atoms with van der Waals surface area (Å²) in [7, 11) is 3.05. The van der Waals surface area contributed by atoms with Crippen molar-refractivity contribution in [2.45, 2.75) is 5.44 Å². The van der Waals surface area contributed by atoms with Crippen molar-refractivity contribution >= 4 is 22.5 Å². The number of ether oxygens (including phenoxy) is 2. The summed E-state index contributed by atoms with van der Waals surface area (Å²) in [4.78, 5) is 0. The Balaban J connectivity index is 2.46. The fourth-order valence-electron chi connectivity index (χ4n) is 1.04. The third-order valence-electron chi connectivity index (χ3n) is 1.72. The van der Waals surface area contributed by atoms with E-state index >= 15 is 0 Å². The molecular formula is C10H14O2S2. The standard InChI is InChI=1S/C10H14O2S2/c1-11-7-8-12-10(14-13)9-5-3-2-4-6-9/h2-6,10,13H,7-8H2,1H3. The minimum atomic E-state index is -0.0188. The van der Waals surface area contributed by atoms with Gasteiger partial charge in [0.25, 0.3) is 0 Å². The van der Waals surface area contributed by atoms with Crippen molar-refractivity contribution in [3.8, 4) is 0 Å². The highest BCUT2D eigenvalue weighted by Gasteiger charge is 2.09. The summed E-state index contributed by atoms with van der Waals surface area (Å²) in [5.41, 5.74) is 1.11. The lowest BCUT2D eigenvalue weighted by atomic mass is 10.2. The number of benzene rings is 1. The van der Waals surface area contributed by atoms with E-state index in [-0.39, 0.29) is 5.44 Å². The van der Waals surface area contributed by atoms with Gasteiger partial charge in [-0.25, -0.2) is 0 Å². The lowest BCUT2D eigenvalue weighted by Gasteiger charge is -2.14. The van der Waals surface area contributed by atoms with E-state index in [0.717, 1.165) is 5.56 Å². The SMILES string of the molecule is COCCOC(SS)c1ccccc1. The Kier molecular flexibility index (Phi) is 6.10. The van der Waals surface area contributed by atoms with Gasteiger partial charge in [0.15, 0.2) is 0 Å². The highest BCUT2D eigenvalue weighted by Crippen LogP contribution is 2.32. The van der Waals surface area contributed by atoms with Crippen LogP contribution >= 0.6 is 22.5 Å². The maximum absolute atomic E-state index is 5.58. The molecule has 0 heterocycles. The van der Waals surface area contributed by atoms with Crippen LogP contribution < -0.4 is 0 Å². The second-order valence-corrected chi connectivity index (χ2v) is 3.98.